The fourth-order valence-corrected chi connectivity index (χ4v) is 5.36. The van der Waals surface area contributed by atoms with Gasteiger partial charge in [0.15, 0.2) is 5.72 Å². The molecule has 2 aliphatic rings. The summed E-state index contributed by atoms with van der Waals surface area (Å²) in [5, 5.41) is 22.0. The predicted octanol–water partition coefficient (Wildman–Crippen LogP) is 5.40. The van der Waals surface area contributed by atoms with E-state index in [1.165, 1.54) is 0 Å². The zero-order valence-corrected chi connectivity index (χ0v) is 21.6. The first-order chi connectivity index (χ1) is 17.1. The van der Waals surface area contributed by atoms with Crippen LogP contribution in [0.5, 0.6) is 0 Å². The first kappa shape index (κ1) is 25.2. The van der Waals surface area contributed by atoms with Crippen LogP contribution >= 0.6 is 23.2 Å². The number of benzene rings is 2. The van der Waals surface area contributed by atoms with Gasteiger partial charge >= 0.3 is 0 Å². The molecule has 0 saturated heterocycles. The Bertz CT molecular complexity index is 1270. The maximum atomic E-state index is 14.1. The highest BCUT2D eigenvalue weighted by Crippen LogP contribution is 2.49. The van der Waals surface area contributed by atoms with Crippen LogP contribution in [0.4, 0.5) is 0 Å². The van der Waals surface area contributed by atoms with Crippen LogP contribution in [0.1, 0.15) is 65.9 Å². The van der Waals surface area contributed by atoms with Crippen molar-refractivity contribution in [1.82, 2.24) is 9.88 Å². The van der Waals surface area contributed by atoms with E-state index in [1.54, 1.807) is 55.3 Å². The van der Waals surface area contributed by atoms with Gasteiger partial charge in [-0.2, -0.15) is 0 Å². The second kappa shape index (κ2) is 9.43. The van der Waals surface area contributed by atoms with Crippen molar-refractivity contribution in [2.45, 2.75) is 63.2 Å². The first-order valence-electron chi connectivity index (χ1n) is 12.0. The number of carbonyl (C=O) groups is 1. The summed E-state index contributed by atoms with van der Waals surface area (Å²) < 4.78 is 6.87. The van der Waals surface area contributed by atoms with Crippen LogP contribution in [-0.4, -0.2) is 38.2 Å². The number of hydrogen-bond acceptors (Lipinski definition) is 5. The third-order valence-electron chi connectivity index (χ3n) is 6.99. The maximum Gasteiger partial charge on any atom is 0.257 e. The second-order valence-electron chi connectivity index (χ2n) is 10.0. The molecule has 0 unspecified atom stereocenters. The average Bonchev–Trinajstić information content (AvgIpc) is 3.35. The summed E-state index contributed by atoms with van der Waals surface area (Å²) in [5.74, 6) is -0.235. The number of amides is 1. The van der Waals surface area contributed by atoms with Gasteiger partial charge in [0.2, 0.25) is 0 Å². The fourth-order valence-electron chi connectivity index (χ4n) is 5.12. The van der Waals surface area contributed by atoms with E-state index in [1.807, 2.05) is 24.3 Å². The van der Waals surface area contributed by atoms with Gasteiger partial charge in [-0.15, -0.1) is 0 Å². The number of aliphatic hydroxyl groups is 2. The minimum atomic E-state index is -1.27. The van der Waals surface area contributed by atoms with Crippen molar-refractivity contribution in [2.75, 3.05) is 0 Å². The van der Waals surface area contributed by atoms with Crippen molar-refractivity contribution in [2.24, 2.45) is 0 Å². The molecule has 1 amide bonds. The van der Waals surface area contributed by atoms with Crippen LogP contribution in [0, 0.1) is 0 Å². The van der Waals surface area contributed by atoms with Crippen LogP contribution in [-0.2, 0) is 22.6 Å². The SMILES string of the molecule is CC(C)(O)c1ccc2c(c1)C(=O)N(Cc1ccc(Cl)cn1)[C@@]2(O[C@H]1CC[C@@H](O)C1)c1ccc(Cl)cc1. The van der Waals surface area contributed by atoms with Crippen molar-refractivity contribution >= 4 is 29.1 Å². The fraction of sp³-hybridized carbons (Fsp3) is 0.357. The number of ether oxygens (including phenoxy) is 1. The number of fused-ring (bicyclic) bond motifs is 1. The lowest BCUT2D eigenvalue weighted by Gasteiger charge is -2.41. The Morgan fingerprint density at radius 2 is 1.81 bits per heavy atom. The summed E-state index contributed by atoms with van der Waals surface area (Å²) in [6, 6.07) is 16.2. The Labute approximate surface area is 220 Å². The van der Waals surface area contributed by atoms with Crippen LogP contribution in [0.15, 0.2) is 60.8 Å². The van der Waals surface area contributed by atoms with E-state index in [9.17, 15) is 15.0 Å². The van der Waals surface area contributed by atoms with Crippen molar-refractivity contribution < 1.29 is 19.7 Å². The van der Waals surface area contributed by atoms with Gasteiger partial charge in [0.1, 0.15) is 0 Å². The number of halogens is 2. The Kier molecular flexibility index (Phi) is 6.60. The summed E-state index contributed by atoms with van der Waals surface area (Å²) in [6.07, 6.45) is 2.64. The Hall–Kier alpha value is -2.48. The Morgan fingerprint density at radius 3 is 2.42 bits per heavy atom. The molecule has 6 nitrogen and oxygen atoms in total. The Morgan fingerprint density at radius 1 is 1.08 bits per heavy atom. The van der Waals surface area contributed by atoms with Gasteiger partial charge in [0, 0.05) is 27.9 Å². The molecule has 2 heterocycles. The summed E-state index contributed by atoms with van der Waals surface area (Å²) in [6.45, 7) is 3.54. The summed E-state index contributed by atoms with van der Waals surface area (Å²) in [4.78, 5) is 20.2. The number of aliphatic hydroxyl groups excluding tert-OH is 1. The van der Waals surface area contributed by atoms with E-state index in [-0.39, 0.29) is 18.6 Å². The van der Waals surface area contributed by atoms with Gasteiger partial charge in [0.05, 0.1) is 35.1 Å². The zero-order valence-electron chi connectivity index (χ0n) is 20.1. The number of hydrogen-bond donors (Lipinski definition) is 2. The van der Waals surface area contributed by atoms with E-state index in [0.29, 0.717) is 51.7 Å². The lowest BCUT2D eigenvalue weighted by atomic mass is 9.89. The normalized spacial score (nSPS) is 23.8. The highest BCUT2D eigenvalue weighted by Gasteiger charge is 2.54. The molecule has 2 aromatic carbocycles. The van der Waals surface area contributed by atoms with Gasteiger partial charge < -0.3 is 14.9 Å². The molecule has 8 heteroatoms. The molecule has 0 spiro atoms. The van der Waals surface area contributed by atoms with Gasteiger partial charge in [-0.1, -0.05) is 47.5 Å². The number of nitrogens with zero attached hydrogens (tertiary/aromatic N) is 2. The van der Waals surface area contributed by atoms with Crippen molar-refractivity contribution in [3.63, 3.8) is 0 Å². The molecule has 1 aliphatic heterocycles. The quantitative estimate of drug-likeness (QED) is 0.449. The summed E-state index contributed by atoms with van der Waals surface area (Å²) >= 11 is 12.3. The number of rotatable bonds is 6. The smallest absolute Gasteiger partial charge is 0.257 e. The van der Waals surface area contributed by atoms with Gasteiger partial charge in [0.25, 0.3) is 5.91 Å². The number of carbonyl (C=O) groups excluding carboxylic acids is 1. The van der Waals surface area contributed by atoms with Crippen molar-refractivity contribution in [3.05, 3.63) is 98.8 Å². The first-order valence-corrected chi connectivity index (χ1v) is 12.8. The van der Waals surface area contributed by atoms with Crippen LogP contribution in [0.25, 0.3) is 0 Å². The molecule has 188 valence electrons. The van der Waals surface area contributed by atoms with Crippen LogP contribution in [0.2, 0.25) is 10.0 Å². The molecule has 36 heavy (non-hydrogen) atoms. The lowest BCUT2D eigenvalue weighted by molar-refractivity contribution is -0.147. The minimum Gasteiger partial charge on any atom is -0.393 e. The summed E-state index contributed by atoms with van der Waals surface area (Å²) in [5.41, 5.74) is 0.755. The number of aromatic nitrogens is 1. The van der Waals surface area contributed by atoms with Gasteiger partial charge in [-0.3, -0.25) is 14.7 Å². The topological polar surface area (TPSA) is 82.9 Å². The molecular weight excluding hydrogens is 499 g/mol. The van der Waals surface area contributed by atoms with Gasteiger partial charge in [-0.25, -0.2) is 0 Å². The Balaban J connectivity index is 1.71. The van der Waals surface area contributed by atoms with Crippen LogP contribution in [0.3, 0.4) is 0 Å². The highest BCUT2D eigenvalue weighted by molar-refractivity contribution is 6.30. The molecule has 3 atom stereocenters. The molecule has 3 aromatic rings. The van der Waals surface area contributed by atoms with Crippen molar-refractivity contribution in [1.29, 1.82) is 0 Å². The molecule has 2 N–H and O–H groups in total. The van der Waals surface area contributed by atoms with Gasteiger partial charge in [-0.05, 0) is 69.0 Å². The van der Waals surface area contributed by atoms with E-state index < -0.39 is 17.4 Å². The summed E-state index contributed by atoms with van der Waals surface area (Å²) in [7, 11) is 0. The predicted molar refractivity (Wildman–Crippen MR) is 138 cm³/mol. The van der Waals surface area contributed by atoms with E-state index in [4.69, 9.17) is 27.9 Å². The van der Waals surface area contributed by atoms with E-state index in [2.05, 4.69) is 4.98 Å². The standard InChI is InChI=1S/C28H28Cl2N2O4/c1-27(2,35)18-5-12-25-24(13-18)26(34)32(16-21-9-8-20(30)15-31-21)28(25,17-3-6-19(29)7-4-17)36-23-11-10-22(33)14-23/h3-9,12-13,15,22-23,33,35H,10-11,14,16H2,1-2H3/t22-,23+,28-/m1/s1. The van der Waals surface area contributed by atoms with E-state index >= 15 is 0 Å². The van der Waals surface area contributed by atoms with Crippen molar-refractivity contribution in [3.8, 4) is 0 Å². The third kappa shape index (κ3) is 4.53. The maximum absolute atomic E-state index is 14.1. The largest absolute Gasteiger partial charge is 0.393 e. The minimum absolute atomic E-state index is 0.167. The second-order valence-corrected chi connectivity index (χ2v) is 10.9. The molecule has 0 bridgehead atoms. The molecule has 1 aliphatic carbocycles. The molecule has 5 rings (SSSR count). The monoisotopic (exact) mass is 526 g/mol. The molecule has 1 aromatic heterocycles. The lowest BCUT2D eigenvalue weighted by Crippen LogP contribution is -2.48. The number of pyridine rings is 1. The highest BCUT2D eigenvalue weighted by atomic mass is 35.5. The van der Waals surface area contributed by atoms with Crippen LogP contribution < -0.4 is 0 Å². The van der Waals surface area contributed by atoms with E-state index in [0.717, 1.165) is 5.56 Å². The molecule has 1 fully saturated rings. The average molecular weight is 527 g/mol. The molecule has 1 saturated carbocycles. The third-order valence-corrected chi connectivity index (χ3v) is 7.46. The molecular formula is C28H28Cl2N2O4. The molecule has 0 radical (unpaired) electrons. The zero-order chi connectivity index (χ0) is 25.7.